The molecule has 0 spiro atoms. The molecule has 0 aromatic heterocycles. The first-order valence-electron chi connectivity index (χ1n) is 5.80. The van der Waals surface area contributed by atoms with Crippen LogP contribution >= 0.6 is 11.8 Å². The molecule has 0 aliphatic rings. The smallest absolute Gasteiger partial charge is 0.335 e. The van der Waals surface area contributed by atoms with Crippen LogP contribution in [0.4, 0.5) is 0 Å². The molecule has 18 heavy (non-hydrogen) atoms. The molecule has 0 radical (unpaired) electrons. The summed E-state index contributed by atoms with van der Waals surface area (Å²) in [6, 6.07) is 6.71. The average molecular weight is 267 g/mol. The Hall–Kier alpha value is -1.49. The molecule has 0 saturated carbocycles. The fraction of sp³-hybridized carbons (Fsp3) is 0.385. The number of hydrogen-bond donors (Lipinski definition) is 2. The first-order valence-corrected chi connectivity index (χ1v) is 6.95. The number of carboxylic acid groups (broad SMARTS) is 1. The van der Waals surface area contributed by atoms with Crippen LogP contribution in [0.2, 0.25) is 0 Å². The molecule has 0 aliphatic carbocycles. The van der Waals surface area contributed by atoms with Crippen molar-refractivity contribution in [3.63, 3.8) is 0 Å². The highest BCUT2D eigenvalue weighted by Gasteiger charge is 2.03. The van der Waals surface area contributed by atoms with Crippen LogP contribution in [0.1, 0.15) is 29.3 Å². The Morgan fingerprint density at radius 3 is 2.50 bits per heavy atom. The van der Waals surface area contributed by atoms with Crippen molar-refractivity contribution < 1.29 is 14.7 Å². The van der Waals surface area contributed by atoms with E-state index in [9.17, 15) is 9.59 Å². The summed E-state index contributed by atoms with van der Waals surface area (Å²) >= 11 is 1.52. The number of hydrogen-bond acceptors (Lipinski definition) is 3. The minimum Gasteiger partial charge on any atom is -0.478 e. The van der Waals surface area contributed by atoms with Crippen molar-refractivity contribution in [3.05, 3.63) is 35.4 Å². The summed E-state index contributed by atoms with van der Waals surface area (Å²) in [4.78, 5) is 22.0. The first-order chi connectivity index (χ1) is 8.63. The monoisotopic (exact) mass is 267 g/mol. The van der Waals surface area contributed by atoms with Crippen LogP contribution in [0, 0.1) is 0 Å². The zero-order valence-corrected chi connectivity index (χ0v) is 11.1. The molecule has 0 atom stereocenters. The van der Waals surface area contributed by atoms with Gasteiger partial charge in [-0.05, 0) is 24.1 Å². The van der Waals surface area contributed by atoms with Crippen molar-refractivity contribution in [2.75, 3.05) is 12.3 Å². The number of benzene rings is 1. The van der Waals surface area contributed by atoms with E-state index in [1.807, 2.05) is 6.92 Å². The van der Waals surface area contributed by atoms with Gasteiger partial charge in [0.15, 0.2) is 0 Å². The van der Waals surface area contributed by atoms with Crippen LogP contribution in [0.5, 0.6) is 0 Å². The molecule has 4 nitrogen and oxygen atoms in total. The molecule has 0 saturated heterocycles. The normalized spacial score (nSPS) is 10.1. The highest BCUT2D eigenvalue weighted by atomic mass is 32.2. The molecule has 1 aromatic rings. The van der Waals surface area contributed by atoms with Gasteiger partial charge in [0.1, 0.15) is 0 Å². The highest BCUT2D eigenvalue weighted by Crippen LogP contribution is 2.13. The van der Waals surface area contributed by atoms with Crippen molar-refractivity contribution in [2.24, 2.45) is 0 Å². The number of rotatable bonds is 7. The van der Waals surface area contributed by atoms with Gasteiger partial charge in [-0.2, -0.15) is 0 Å². The molecule has 0 bridgehead atoms. The van der Waals surface area contributed by atoms with E-state index in [1.54, 1.807) is 24.3 Å². The molecule has 1 aromatic carbocycles. The van der Waals surface area contributed by atoms with E-state index in [1.165, 1.54) is 11.8 Å². The topological polar surface area (TPSA) is 66.4 Å². The molecule has 0 unspecified atom stereocenters. The second kappa shape index (κ2) is 7.76. The van der Waals surface area contributed by atoms with E-state index < -0.39 is 5.97 Å². The fourth-order valence-corrected chi connectivity index (χ4v) is 2.14. The maximum Gasteiger partial charge on any atom is 0.335 e. The summed E-state index contributed by atoms with van der Waals surface area (Å²) in [7, 11) is 0. The van der Waals surface area contributed by atoms with Crippen molar-refractivity contribution >= 4 is 23.6 Å². The molecule has 2 N–H and O–H groups in total. The van der Waals surface area contributed by atoms with E-state index in [4.69, 9.17) is 5.11 Å². The number of amides is 1. The van der Waals surface area contributed by atoms with Crippen LogP contribution in [0.15, 0.2) is 24.3 Å². The van der Waals surface area contributed by atoms with Gasteiger partial charge in [0.05, 0.1) is 11.3 Å². The number of aromatic carboxylic acids is 1. The summed E-state index contributed by atoms with van der Waals surface area (Å²) in [5.41, 5.74) is 1.30. The third kappa shape index (κ3) is 5.23. The number of thioether (sulfide) groups is 1. The Bertz CT molecular complexity index is 403. The molecule has 1 amide bonds. The first kappa shape index (κ1) is 14.6. The molecule has 0 heterocycles. The van der Waals surface area contributed by atoms with Gasteiger partial charge < -0.3 is 10.4 Å². The van der Waals surface area contributed by atoms with Crippen molar-refractivity contribution in [1.29, 1.82) is 0 Å². The summed E-state index contributed by atoms with van der Waals surface area (Å²) in [6.45, 7) is 2.73. The Balaban J connectivity index is 2.31. The van der Waals surface area contributed by atoms with Gasteiger partial charge in [0.2, 0.25) is 5.91 Å². The Morgan fingerprint density at radius 1 is 1.28 bits per heavy atom. The van der Waals surface area contributed by atoms with E-state index in [0.29, 0.717) is 18.1 Å². The molecule has 1 rings (SSSR count). The number of carboxylic acids is 1. The number of carbonyl (C=O) groups excluding carboxylic acids is 1. The molecule has 0 fully saturated rings. The van der Waals surface area contributed by atoms with Crippen LogP contribution < -0.4 is 5.32 Å². The van der Waals surface area contributed by atoms with Gasteiger partial charge in [-0.15, -0.1) is 11.8 Å². The number of carbonyl (C=O) groups is 2. The van der Waals surface area contributed by atoms with Crippen molar-refractivity contribution in [3.8, 4) is 0 Å². The Morgan fingerprint density at radius 2 is 1.94 bits per heavy atom. The summed E-state index contributed by atoms with van der Waals surface area (Å²) in [5, 5.41) is 11.6. The summed E-state index contributed by atoms with van der Waals surface area (Å²) in [5.74, 6) is 0.261. The van der Waals surface area contributed by atoms with Crippen LogP contribution in [0.25, 0.3) is 0 Å². The lowest BCUT2D eigenvalue weighted by Gasteiger charge is -2.04. The van der Waals surface area contributed by atoms with Gasteiger partial charge in [-0.3, -0.25) is 4.79 Å². The van der Waals surface area contributed by atoms with Crippen molar-refractivity contribution in [1.82, 2.24) is 5.32 Å². The van der Waals surface area contributed by atoms with E-state index in [0.717, 1.165) is 12.0 Å². The predicted octanol–water partition coefficient (Wildman–Crippen LogP) is 2.14. The second-order valence-electron chi connectivity index (χ2n) is 3.84. The average Bonchev–Trinajstić information content (AvgIpc) is 2.37. The zero-order chi connectivity index (χ0) is 13.4. The Labute approximate surface area is 111 Å². The fourth-order valence-electron chi connectivity index (χ4n) is 1.32. The van der Waals surface area contributed by atoms with Gasteiger partial charge in [0.25, 0.3) is 0 Å². The molecule has 5 heteroatoms. The minimum absolute atomic E-state index is 0.0454. The van der Waals surface area contributed by atoms with Gasteiger partial charge in [-0.1, -0.05) is 19.1 Å². The van der Waals surface area contributed by atoms with Crippen LogP contribution in [-0.2, 0) is 10.5 Å². The van der Waals surface area contributed by atoms with Gasteiger partial charge >= 0.3 is 5.97 Å². The van der Waals surface area contributed by atoms with E-state index in [-0.39, 0.29) is 11.5 Å². The lowest BCUT2D eigenvalue weighted by atomic mass is 10.1. The minimum atomic E-state index is -0.923. The van der Waals surface area contributed by atoms with E-state index in [2.05, 4.69) is 5.32 Å². The third-order valence-corrected chi connectivity index (χ3v) is 3.28. The van der Waals surface area contributed by atoms with Crippen molar-refractivity contribution in [2.45, 2.75) is 19.1 Å². The highest BCUT2D eigenvalue weighted by molar-refractivity contribution is 7.99. The van der Waals surface area contributed by atoms with Gasteiger partial charge in [0, 0.05) is 12.3 Å². The van der Waals surface area contributed by atoms with Crippen LogP contribution in [-0.4, -0.2) is 29.3 Å². The Kier molecular flexibility index (Phi) is 6.28. The zero-order valence-electron chi connectivity index (χ0n) is 10.3. The molecule has 98 valence electrons. The second-order valence-corrected chi connectivity index (χ2v) is 4.83. The summed E-state index contributed by atoms with van der Waals surface area (Å²) < 4.78 is 0. The van der Waals surface area contributed by atoms with Gasteiger partial charge in [-0.25, -0.2) is 4.79 Å². The lowest BCUT2D eigenvalue weighted by Crippen LogP contribution is -2.25. The maximum absolute atomic E-state index is 11.3. The van der Waals surface area contributed by atoms with Crippen LogP contribution in [0.3, 0.4) is 0 Å². The SMILES string of the molecule is CCCNC(=O)CSCc1ccc(C(=O)O)cc1. The largest absolute Gasteiger partial charge is 0.478 e. The third-order valence-electron chi connectivity index (χ3n) is 2.27. The molecular weight excluding hydrogens is 250 g/mol. The standard InChI is InChI=1S/C13H17NO3S/c1-2-7-14-12(15)9-18-8-10-3-5-11(6-4-10)13(16)17/h3-6H,2,7-9H2,1H3,(H,14,15)(H,16,17). The summed E-state index contributed by atoms with van der Waals surface area (Å²) in [6.07, 6.45) is 0.938. The maximum atomic E-state index is 11.3. The van der Waals surface area contributed by atoms with E-state index >= 15 is 0 Å². The molecule has 0 aliphatic heterocycles. The number of nitrogens with one attached hydrogen (secondary N) is 1. The quantitative estimate of drug-likeness (QED) is 0.794. The molecular formula is C13H17NO3S. The lowest BCUT2D eigenvalue weighted by molar-refractivity contribution is -0.118. The predicted molar refractivity (Wildman–Crippen MR) is 72.9 cm³/mol.